The SMILES string of the molecule is Cn1cc(/C=C2\C[C@@H]3[C@H]4CC[C@H]5CCCC[C@]5(C)[C@@H]4CC[C@@]3(C)C2=O)cn1. The lowest BCUT2D eigenvalue weighted by Crippen LogP contribution is -2.52. The van der Waals surface area contributed by atoms with Crippen LogP contribution in [0.15, 0.2) is 18.0 Å². The molecule has 1 aromatic heterocycles. The molecule has 4 aliphatic carbocycles. The van der Waals surface area contributed by atoms with Gasteiger partial charge in [0.15, 0.2) is 5.78 Å². The summed E-state index contributed by atoms with van der Waals surface area (Å²) in [4.78, 5) is 13.4. The van der Waals surface area contributed by atoms with Crippen LogP contribution < -0.4 is 0 Å². The molecule has 3 nitrogen and oxygen atoms in total. The molecule has 5 rings (SSSR count). The molecule has 0 bridgehead atoms. The lowest BCUT2D eigenvalue weighted by Gasteiger charge is -2.59. The van der Waals surface area contributed by atoms with E-state index in [1.807, 2.05) is 24.1 Å². The van der Waals surface area contributed by atoms with Crippen LogP contribution in [0, 0.1) is 34.5 Å². The highest BCUT2D eigenvalue weighted by Crippen LogP contribution is 2.66. The van der Waals surface area contributed by atoms with Crippen molar-refractivity contribution in [2.75, 3.05) is 0 Å². The first kappa shape index (κ1) is 17.7. The van der Waals surface area contributed by atoms with E-state index in [-0.39, 0.29) is 5.41 Å². The number of aryl methyl sites for hydroxylation is 1. The molecular formula is C24H34N2O. The predicted octanol–water partition coefficient (Wildman–Crippen LogP) is 5.42. The number of carbonyl (C=O) groups is 1. The molecule has 0 aliphatic heterocycles. The molecule has 1 heterocycles. The summed E-state index contributed by atoms with van der Waals surface area (Å²) in [7, 11) is 1.94. The highest BCUT2D eigenvalue weighted by atomic mass is 16.1. The van der Waals surface area contributed by atoms with E-state index < -0.39 is 0 Å². The van der Waals surface area contributed by atoms with Gasteiger partial charge in [0, 0.05) is 24.2 Å². The van der Waals surface area contributed by atoms with E-state index in [0.29, 0.717) is 17.1 Å². The zero-order valence-electron chi connectivity index (χ0n) is 17.2. The van der Waals surface area contributed by atoms with Gasteiger partial charge in [-0.15, -0.1) is 0 Å². The summed E-state index contributed by atoms with van der Waals surface area (Å²) < 4.78 is 1.82. The van der Waals surface area contributed by atoms with Gasteiger partial charge in [0.25, 0.3) is 0 Å². The smallest absolute Gasteiger partial charge is 0.165 e. The van der Waals surface area contributed by atoms with Gasteiger partial charge in [-0.25, -0.2) is 0 Å². The van der Waals surface area contributed by atoms with Gasteiger partial charge in [-0.05, 0) is 85.7 Å². The van der Waals surface area contributed by atoms with Crippen LogP contribution in [0.3, 0.4) is 0 Å². The average Bonchev–Trinajstić information content (AvgIpc) is 3.16. The van der Waals surface area contributed by atoms with Crippen LogP contribution in [-0.4, -0.2) is 15.6 Å². The molecule has 0 N–H and O–H groups in total. The van der Waals surface area contributed by atoms with Crippen LogP contribution in [0.25, 0.3) is 6.08 Å². The van der Waals surface area contributed by atoms with Gasteiger partial charge in [0.05, 0.1) is 6.20 Å². The van der Waals surface area contributed by atoms with E-state index >= 15 is 0 Å². The number of hydrogen-bond donors (Lipinski definition) is 0. The topological polar surface area (TPSA) is 34.9 Å². The Morgan fingerprint density at radius 2 is 1.96 bits per heavy atom. The van der Waals surface area contributed by atoms with Crippen molar-refractivity contribution in [3.05, 3.63) is 23.5 Å². The Morgan fingerprint density at radius 1 is 1.11 bits per heavy atom. The Kier molecular flexibility index (Phi) is 3.97. The highest BCUT2D eigenvalue weighted by molar-refractivity contribution is 6.05. The first-order chi connectivity index (χ1) is 12.9. The lowest BCUT2D eigenvalue weighted by molar-refractivity contribution is -0.137. The Bertz CT molecular complexity index is 792. The maximum absolute atomic E-state index is 13.4. The molecule has 0 amide bonds. The number of nitrogens with zero attached hydrogens (tertiary/aromatic N) is 2. The molecule has 0 unspecified atom stereocenters. The third-order valence-electron chi connectivity index (χ3n) is 9.29. The van der Waals surface area contributed by atoms with E-state index in [0.717, 1.165) is 41.7 Å². The normalized spacial score (nSPS) is 45.4. The minimum atomic E-state index is -0.118. The molecular weight excluding hydrogens is 332 g/mol. The molecule has 4 fully saturated rings. The standard InChI is InChI=1S/C24H34N2O/c1-23-10-5-4-6-18(23)7-8-19-20(23)9-11-24(2)21(19)13-17(22(24)27)12-16-14-25-26(3)15-16/h12,14-15,18-21H,4-11,13H2,1-3H3/b17-12+/t18-,19+,20-,21-,23+,24-/m1/s1. The first-order valence-corrected chi connectivity index (χ1v) is 11.2. The Balaban J connectivity index is 1.46. The monoisotopic (exact) mass is 366 g/mol. The van der Waals surface area contributed by atoms with Crippen molar-refractivity contribution < 1.29 is 4.79 Å². The zero-order chi connectivity index (χ0) is 18.8. The van der Waals surface area contributed by atoms with Crippen LogP contribution in [0.1, 0.15) is 77.2 Å². The van der Waals surface area contributed by atoms with E-state index in [4.69, 9.17) is 0 Å². The van der Waals surface area contributed by atoms with Crippen molar-refractivity contribution in [3.8, 4) is 0 Å². The quantitative estimate of drug-likeness (QED) is 0.622. The van der Waals surface area contributed by atoms with Crippen molar-refractivity contribution in [1.82, 2.24) is 9.78 Å². The summed E-state index contributed by atoms with van der Waals surface area (Å²) in [6.07, 6.45) is 17.9. The minimum Gasteiger partial charge on any atom is -0.294 e. The molecule has 27 heavy (non-hydrogen) atoms. The third-order valence-corrected chi connectivity index (χ3v) is 9.29. The molecule has 0 aromatic carbocycles. The Labute approximate surface area is 163 Å². The van der Waals surface area contributed by atoms with Crippen molar-refractivity contribution in [2.45, 2.75) is 71.6 Å². The van der Waals surface area contributed by atoms with E-state index in [9.17, 15) is 4.79 Å². The first-order valence-electron chi connectivity index (χ1n) is 11.2. The molecule has 0 saturated heterocycles. The number of fused-ring (bicyclic) bond motifs is 5. The fourth-order valence-corrected chi connectivity index (χ4v) is 7.81. The second-order valence-corrected chi connectivity index (χ2v) is 10.5. The number of hydrogen-bond acceptors (Lipinski definition) is 2. The molecule has 4 saturated carbocycles. The molecule has 1 aromatic rings. The van der Waals surface area contributed by atoms with Gasteiger partial charge in [-0.2, -0.15) is 5.10 Å². The number of rotatable bonds is 1. The van der Waals surface area contributed by atoms with Crippen LogP contribution >= 0.6 is 0 Å². The number of ketones is 1. The van der Waals surface area contributed by atoms with Crippen molar-refractivity contribution >= 4 is 11.9 Å². The predicted molar refractivity (Wildman–Crippen MR) is 108 cm³/mol. The van der Waals surface area contributed by atoms with E-state index in [2.05, 4.69) is 25.0 Å². The molecule has 4 aliphatic rings. The number of allylic oxidation sites excluding steroid dienone is 1. The van der Waals surface area contributed by atoms with Crippen LogP contribution in [0.4, 0.5) is 0 Å². The fourth-order valence-electron chi connectivity index (χ4n) is 7.81. The molecule has 3 heteroatoms. The molecule has 6 atom stereocenters. The summed E-state index contributed by atoms with van der Waals surface area (Å²) in [5, 5.41) is 4.27. The van der Waals surface area contributed by atoms with Gasteiger partial charge in [0.2, 0.25) is 0 Å². The van der Waals surface area contributed by atoms with Crippen LogP contribution in [0.2, 0.25) is 0 Å². The van der Waals surface area contributed by atoms with Crippen LogP contribution in [-0.2, 0) is 11.8 Å². The molecule has 0 radical (unpaired) electrons. The lowest BCUT2D eigenvalue weighted by atomic mass is 9.45. The number of aromatic nitrogens is 2. The van der Waals surface area contributed by atoms with Gasteiger partial charge in [0.1, 0.15) is 0 Å². The Hall–Kier alpha value is -1.38. The summed E-state index contributed by atoms with van der Waals surface area (Å²) >= 11 is 0. The van der Waals surface area contributed by atoms with Crippen LogP contribution in [0.5, 0.6) is 0 Å². The van der Waals surface area contributed by atoms with Crippen molar-refractivity contribution in [1.29, 1.82) is 0 Å². The van der Waals surface area contributed by atoms with Gasteiger partial charge < -0.3 is 0 Å². The van der Waals surface area contributed by atoms with Gasteiger partial charge >= 0.3 is 0 Å². The summed E-state index contributed by atoms with van der Waals surface area (Å²) in [5.41, 5.74) is 2.56. The molecule has 146 valence electrons. The molecule has 0 spiro atoms. The van der Waals surface area contributed by atoms with Gasteiger partial charge in [-0.3, -0.25) is 9.48 Å². The fraction of sp³-hybridized carbons (Fsp3) is 0.750. The van der Waals surface area contributed by atoms with E-state index in [1.54, 1.807) is 0 Å². The van der Waals surface area contributed by atoms with E-state index in [1.165, 1.54) is 44.9 Å². The average molecular weight is 367 g/mol. The number of carbonyl (C=O) groups excluding carboxylic acids is 1. The maximum atomic E-state index is 13.4. The summed E-state index contributed by atoms with van der Waals surface area (Å²) in [5.74, 6) is 3.54. The maximum Gasteiger partial charge on any atom is 0.165 e. The highest BCUT2D eigenvalue weighted by Gasteiger charge is 2.60. The Morgan fingerprint density at radius 3 is 2.74 bits per heavy atom. The largest absolute Gasteiger partial charge is 0.294 e. The van der Waals surface area contributed by atoms with Crippen molar-refractivity contribution in [3.63, 3.8) is 0 Å². The number of Topliss-reactive ketones (excluding diaryl/α,β-unsaturated/α-hetero) is 1. The minimum absolute atomic E-state index is 0.118. The van der Waals surface area contributed by atoms with Crippen molar-refractivity contribution in [2.24, 2.45) is 41.5 Å². The summed E-state index contributed by atoms with van der Waals surface area (Å²) in [6, 6.07) is 0. The second kappa shape index (κ2) is 6.06. The summed E-state index contributed by atoms with van der Waals surface area (Å²) in [6.45, 7) is 4.90. The third kappa shape index (κ3) is 2.53. The van der Waals surface area contributed by atoms with Gasteiger partial charge in [-0.1, -0.05) is 26.7 Å². The zero-order valence-corrected chi connectivity index (χ0v) is 17.2. The second-order valence-electron chi connectivity index (χ2n) is 10.5.